The smallest absolute Gasteiger partial charge is 0.388 e. The number of imidazole rings is 1. The number of morpholine rings is 1. The lowest BCUT2D eigenvalue weighted by Crippen LogP contribution is -2.39. The van der Waals surface area contributed by atoms with Crippen LogP contribution in [0.4, 0.5) is 5.95 Å². The summed E-state index contributed by atoms with van der Waals surface area (Å²) in [6.45, 7) is 3.00. The van der Waals surface area contributed by atoms with Crippen molar-refractivity contribution in [3.63, 3.8) is 0 Å². The van der Waals surface area contributed by atoms with Gasteiger partial charge in [0.1, 0.15) is 6.10 Å². The molecule has 0 bridgehead atoms. The molecule has 4 heterocycles. The summed E-state index contributed by atoms with van der Waals surface area (Å²) in [4.78, 5) is 42.9. The molecule has 6 N–H and O–H groups in total. The number of rotatable bonds is 7. The van der Waals surface area contributed by atoms with Crippen LogP contribution in [0.15, 0.2) is 11.1 Å². The molecule has 2 aliphatic heterocycles. The van der Waals surface area contributed by atoms with Crippen LogP contribution in [0.2, 0.25) is 0 Å². The first kappa shape index (κ1) is 22.3. The minimum Gasteiger partial charge on any atom is -0.388 e. The Bertz CT molecular complexity index is 1020. The van der Waals surface area contributed by atoms with Crippen LogP contribution >= 0.6 is 7.82 Å². The molecule has 2 aromatic rings. The fourth-order valence-corrected chi connectivity index (χ4v) is 4.34. The number of aromatic nitrogens is 4. The minimum atomic E-state index is -4.72. The average Bonchev–Trinajstić information content (AvgIpc) is 3.26. The van der Waals surface area contributed by atoms with E-state index in [1.807, 2.05) is 0 Å². The number of nitrogens with zero attached hydrogens (tertiary/aromatic N) is 4. The molecule has 172 valence electrons. The topological polar surface area (TPSA) is 198 Å². The van der Waals surface area contributed by atoms with Crippen molar-refractivity contribution in [1.82, 2.24) is 24.4 Å². The van der Waals surface area contributed by atoms with Crippen LogP contribution in [0.3, 0.4) is 0 Å². The zero-order valence-corrected chi connectivity index (χ0v) is 17.4. The first-order valence-electron chi connectivity index (χ1n) is 9.79. The third kappa shape index (κ3) is 4.96. The van der Waals surface area contributed by atoms with Crippen LogP contribution in [0.25, 0.3) is 11.2 Å². The molecule has 0 radical (unpaired) electrons. The number of hydrogen-bond acceptors (Lipinski definition) is 10. The van der Waals surface area contributed by atoms with E-state index in [-0.39, 0.29) is 17.1 Å². The second-order valence-corrected chi connectivity index (χ2v) is 8.76. The van der Waals surface area contributed by atoms with Gasteiger partial charge >= 0.3 is 7.82 Å². The van der Waals surface area contributed by atoms with Crippen molar-refractivity contribution in [2.75, 3.05) is 45.2 Å². The SMILES string of the molecule is Nc1nc2c(ncn2[C@@H]2O[C@H](COP(=O)(O)O)[C@@H](CCN3CCOCC3)[C@H]2O)c(=O)[nH]1. The highest BCUT2D eigenvalue weighted by Crippen LogP contribution is 2.41. The zero-order valence-electron chi connectivity index (χ0n) is 16.5. The molecule has 0 aromatic carbocycles. The lowest BCUT2D eigenvalue weighted by Gasteiger charge is -2.29. The van der Waals surface area contributed by atoms with E-state index in [4.69, 9.17) is 25.0 Å². The minimum absolute atomic E-state index is 0.0322. The van der Waals surface area contributed by atoms with Crippen LogP contribution in [0.5, 0.6) is 0 Å². The largest absolute Gasteiger partial charge is 0.469 e. The molecular formula is C16H25N6O8P. The van der Waals surface area contributed by atoms with Crippen LogP contribution in [-0.4, -0.2) is 91.0 Å². The Morgan fingerprint density at radius 1 is 1.35 bits per heavy atom. The molecule has 0 unspecified atom stereocenters. The lowest BCUT2D eigenvalue weighted by molar-refractivity contribution is -0.0488. The molecule has 14 nitrogen and oxygen atoms in total. The van der Waals surface area contributed by atoms with E-state index in [1.54, 1.807) is 0 Å². The fraction of sp³-hybridized carbons (Fsp3) is 0.688. The van der Waals surface area contributed by atoms with Crippen LogP contribution in [-0.2, 0) is 18.6 Å². The number of hydrogen-bond donors (Lipinski definition) is 5. The van der Waals surface area contributed by atoms with Gasteiger partial charge in [-0.05, 0) is 13.0 Å². The number of H-pyrrole nitrogens is 1. The second-order valence-electron chi connectivity index (χ2n) is 7.52. The summed E-state index contributed by atoms with van der Waals surface area (Å²) in [5.41, 5.74) is 5.27. The first-order valence-corrected chi connectivity index (χ1v) is 11.3. The van der Waals surface area contributed by atoms with E-state index in [9.17, 15) is 14.5 Å². The predicted molar refractivity (Wildman–Crippen MR) is 106 cm³/mol. The van der Waals surface area contributed by atoms with Gasteiger partial charge < -0.3 is 30.1 Å². The molecule has 0 saturated carbocycles. The van der Waals surface area contributed by atoms with E-state index >= 15 is 0 Å². The van der Waals surface area contributed by atoms with Crippen molar-refractivity contribution in [2.45, 2.75) is 24.9 Å². The average molecular weight is 460 g/mol. The maximum Gasteiger partial charge on any atom is 0.469 e. The third-order valence-electron chi connectivity index (χ3n) is 5.54. The van der Waals surface area contributed by atoms with E-state index in [2.05, 4.69) is 24.4 Å². The molecule has 15 heteroatoms. The van der Waals surface area contributed by atoms with Gasteiger partial charge in [-0.25, -0.2) is 9.55 Å². The summed E-state index contributed by atoms with van der Waals surface area (Å²) in [7, 11) is -4.72. The highest BCUT2D eigenvalue weighted by atomic mass is 31.2. The summed E-state index contributed by atoms with van der Waals surface area (Å²) >= 11 is 0. The Kier molecular flexibility index (Phi) is 6.42. The fourth-order valence-electron chi connectivity index (χ4n) is 4.00. The Balaban J connectivity index is 1.57. The third-order valence-corrected chi connectivity index (χ3v) is 6.02. The number of aliphatic hydroxyl groups is 1. The van der Waals surface area contributed by atoms with Gasteiger partial charge in [0.15, 0.2) is 17.4 Å². The molecule has 2 saturated heterocycles. The number of phosphoric ester groups is 1. The van der Waals surface area contributed by atoms with Gasteiger partial charge in [-0.1, -0.05) is 0 Å². The van der Waals surface area contributed by atoms with Crippen molar-refractivity contribution in [1.29, 1.82) is 0 Å². The van der Waals surface area contributed by atoms with E-state index < -0.39 is 44.3 Å². The maximum atomic E-state index is 12.1. The quantitative estimate of drug-likeness (QED) is 0.297. The molecule has 31 heavy (non-hydrogen) atoms. The van der Waals surface area contributed by atoms with Crippen molar-refractivity contribution in [2.24, 2.45) is 5.92 Å². The number of nitrogen functional groups attached to an aromatic ring is 1. The van der Waals surface area contributed by atoms with Gasteiger partial charge in [-0.15, -0.1) is 0 Å². The van der Waals surface area contributed by atoms with Crippen molar-refractivity contribution >= 4 is 24.9 Å². The highest BCUT2D eigenvalue weighted by molar-refractivity contribution is 7.46. The predicted octanol–water partition coefficient (Wildman–Crippen LogP) is -1.59. The van der Waals surface area contributed by atoms with Crippen molar-refractivity contribution in [3.05, 3.63) is 16.7 Å². The van der Waals surface area contributed by atoms with E-state index in [0.717, 1.165) is 13.1 Å². The monoisotopic (exact) mass is 460 g/mol. The number of fused-ring (bicyclic) bond motifs is 1. The summed E-state index contributed by atoms with van der Waals surface area (Å²) in [6.07, 6.45) is -1.04. The van der Waals surface area contributed by atoms with Gasteiger partial charge in [0.2, 0.25) is 5.95 Å². The summed E-state index contributed by atoms with van der Waals surface area (Å²) in [6, 6.07) is 0. The maximum absolute atomic E-state index is 12.1. The van der Waals surface area contributed by atoms with Crippen LogP contribution < -0.4 is 11.3 Å². The molecule has 0 aliphatic carbocycles. The van der Waals surface area contributed by atoms with Crippen LogP contribution in [0.1, 0.15) is 12.6 Å². The summed E-state index contributed by atoms with van der Waals surface area (Å²) < 4.78 is 28.5. The Hall–Kier alpha value is -1.90. The molecule has 0 spiro atoms. The summed E-state index contributed by atoms with van der Waals surface area (Å²) in [5, 5.41) is 11.0. The molecule has 4 rings (SSSR count). The van der Waals surface area contributed by atoms with Crippen molar-refractivity contribution in [3.8, 4) is 0 Å². The number of phosphoric acid groups is 1. The standard InChI is InChI=1S/C16H25N6O8P/c17-16-19-13-11(14(24)20-16)18-8-22(13)15-12(23)9(1-2-21-3-5-28-6-4-21)10(30-15)7-29-31(25,26)27/h8-10,12,15,23H,1-7H2,(H2,25,26,27)(H3,17,19,20,24)/t9-,10-,12-,15-/m1/s1. The molecule has 4 atom stereocenters. The lowest BCUT2D eigenvalue weighted by atomic mass is 9.94. The Morgan fingerprint density at radius 2 is 2.10 bits per heavy atom. The molecule has 2 aliphatic rings. The summed E-state index contributed by atoms with van der Waals surface area (Å²) in [5.74, 6) is -0.604. The number of aromatic amines is 1. The van der Waals surface area contributed by atoms with Crippen molar-refractivity contribution < 1.29 is 33.5 Å². The van der Waals surface area contributed by atoms with Gasteiger partial charge in [0.25, 0.3) is 5.56 Å². The number of ether oxygens (including phenoxy) is 2. The highest BCUT2D eigenvalue weighted by Gasteiger charge is 2.45. The van der Waals surface area contributed by atoms with E-state index in [1.165, 1.54) is 10.9 Å². The number of aliphatic hydroxyl groups excluding tert-OH is 1. The van der Waals surface area contributed by atoms with Crippen LogP contribution in [0, 0.1) is 5.92 Å². The number of nitrogens with one attached hydrogen (secondary N) is 1. The Labute approximate surface area is 176 Å². The molecular weight excluding hydrogens is 435 g/mol. The molecule has 2 aromatic heterocycles. The molecule has 0 amide bonds. The first-order chi connectivity index (χ1) is 14.7. The van der Waals surface area contributed by atoms with Gasteiger partial charge in [-0.2, -0.15) is 4.98 Å². The van der Waals surface area contributed by atoms with Gasteiger partial charge in [0, 0.05) is 19.0 Å². The van der Waals surface area contributed by atoms with Gasteiger partial charge in [0.05, 0.1) is 32.3 Å². The van der Waals surface area contributed by atoms with Gasteiger partial charge in [-0.3, -0.25) is 23.8 Å². The number of nitrogens with two attached hydrogens (primary N) is 1. The van der Waals surface area contributed by atoms with E-state index in [0.29, 0.717) is 26.2 Å². The number of anilines is 1. The normalized spacial score (nSPS) is 27.8. The molecule has 2 fully saturated rings. The zero-order chi connectivity index (χ0) is 22.2. The Morgan fingerprint density at radius 3 is 2.81 bits per heavy atom. The second kappa shape index (κ2) is 8.92.